The predicted octanol–water partition coefficient (Wildman–Crippen LogP) is 5.64. The number of likely N-dealkylation sites (tertiary alicyclic amines) is 1. The average molecular weight is 400 g/mol. The summed E-state index contributed by atoms with van der Waals surface area (Å²) in [5.74, 6) is 0.649. The van der Waals surface area contributed by atoms with E-state index < -0.39 is 0 Å². The number of aromatic amines is 1. The lowest BCUT2D eigenvalue weighted by molar-refractivity contribution is 0.0602. The normalized spacial score (nSPS) is 28.4. The molecule has 30 heavy (non-hydrogen) atoms. The Morgan fingerprint density at radius 2 is 1.43 bits per heavy atom. The number of nitrogens with zero attached hydrogens (tertiary/aromatic N) is 2. The molecular formula is C27H33N3. The van der Waals surface area contributed by atoms with Gasteiger partial charge in [0.15, 0.2) is 0 Å². The third kappa shape index (κ3) is 3.11. The maximum Gasteiger partial charge on any atom is 0.0500 e. The van der Waals surface area contributed by atoms with Gasteiger partial charge in [0, 0.05) is 34.7 Å². The minimum Gasteiger partial charge on any atom is -0.354 e. The molecule has 0 saturated carbocycles. The SMILES string of the molecule is CN1[C@@H]2CC[C@H]1CC(N1CCC(c3c(-c4ccccc4)[nH]c4ccccc34)CC1)C2. The fraction of sp³-hybridized carbons (Fsp3) is 0.481. The summed E-state index contributed by atoms with van der Waals surface area (Å²) in [5, 5.41) is 1.42. The van der Waals surface area contributed by atoms with Crippen LogP contribution in [-0.2, 0) is 0 Å². The van der Waals surface area contributed by atoms with Gasteiger partial charge < -0.3 is 14.8 Å². The minimum atomic E-state index is 0.649. The highest BCUT2D eigenvalue weighted by Gasteiger charge is 2.41. The van der Waals surface area contributed by atoms with E-state index in [1.807, 2.05) is 0 Å². The van der Waals surface area contributed by atoms with Crippen LogP contribution in [0.5, 0.6) is 0 Å². The summed E-state index contributed by atoms with van der Waals surface area (Å²) in [7, 11) is 2.35. The van der Waals surface area contributed by atoms with Gasteiger partial charge >= 0.3 is 0 Å². The molecule has 156 valence electrons. The summed E-state index contributed by atoms with van der Waals surface area (Å²) < 4.78 is 0. The average Bonchev–Trinajstić information content (AvgIpc) is 3.26. The first-order valence-electron chi connectivity index (χ1n) is 11.9. The summed E-state index contributed by atoms with van der Waals surface area (Å²) >= 11 is 0. The number of nitrogens with one attached hydrogen (secondary N) is 1. The molecule has 3 aliphatic rings. The van der Waals surface area contributed by atoms with Crippen LogP contribution in [-0.4, -0.2) is 53.0 Å². The molecule has 0 spiro atoms. The zero-order valence-electron chi connectivity index (χ0n) is 18.1. The van der Waals surface area contributed by atoms with Crippen LogP contribution in [0, 0.1) is 0 Å². The second kappa shape index (κ2) is 7.55. The Morgan fingerprint density at radius 1 is 0.767 bits per heavy atom. The Kier molecular flexibility index (Phi) is 4.69. The molecule has 3 atom stereocenters. The topological polar surface area (TPSA) is 22.3 Å². The number of hydrogen-bond donors (Lipinski definition) is 1. The lowest BCUT2D eigenvalue weighted by Crippen LogP contribution is -2.50. The van der Waals surface area contributed by atoms with Crippen molar-refractivity contribution in [2.75, 3.05) is 20.1 Å². The molecule has 3 saturated heterocycles. The van der Waals surface area contributed by atoms with Crippen LogP contribution >= 0.6 is 0 Å². The monoisotopic (exact) mass is 399 g/mol. The Morgan fingerprint density at radius 3 is 2.17 bits per heavy atom. The maximum atomic E-state index is 3.76. The first kappa shape index (κ1) is 18.7. The number of rotatable bonds is 3. The van der Waals surface area contributed by atoms with E-state index in [0.717, 1.165) is 18.1 Å². The highest BCUT2D eigenvalue weighted by molar-refractivity contribution is 5.91. The molecule has 2 aromatic carbocycles. The summed E-state index contributed by atoms with van der Waals surface area (Å²) in [6.07, 6.45) is 8.18. The molecule has 3 nitrogen and oxygen atoms in total. The van der Waals surface area contributed by atoms with Gasteiger partial charge in [-0.05, 0) is 81.8 Å². The standard InChI is InChI=1S/C27H33N3/c1-29-21-11-12-22(29)18-23(17-21)30-15-13-19(14-16-30)26-24-9-5-6-10-25(24)28-27(26)20-7-3-2-4-8-20/h2-10,19,21-23,28H,11-18H2,1H3/t21-,22+,23?. The van der Waals surface area contributed by atoms with E-state index in [1.165, 1.54) is 73.8 Å². The van der Waals surface area contributed by atoms with Gasteiger partial charge in [0.2, 0.25) is 0 Å². The van der Waals surface area contributed by atoms with E-state index in [-0.39, 0.29) is 0 Å². The zero-order chi connectivity index (χ0) is 20.1. The molecule has 0 radical (unpaired) electrons. The van der Waals surface area contributed by atoms with E-state index in [9.17, 15) is 0 Å². The first-order valence-corrected chi connectivity index (χ1v) is 11.9. The van der Waals surface area contributed by atoms with Gasteiger partial charge in [-0.1, -0.05) is 48.5 Å². The van der Waals surface area contributed by atoms with E-state index >= 15 is 0 Å². The molecule has 0 aliphatic carbocycles. The minimum absolute atomic E-state index is 0.649. The van der Waals surface area contributed by atoms with Crippen LogP contribution in [0.15, 0.2) is 54.6 Å². The lowest BCUT2D eigenvalue weighted by atomic mass is 9.84. The van der Waals surface area contributed by atoms with Crippen molar-refractivity contribution in [1.82, 2.24) is 14.8 Å². The molecular weight excluding hydrogens is 366 g/mol. The second-order valence-electron chi connectivity index (χ2n) is 9.81. The number of aromatic nitrogens is 1. The Hall–Kier alpha value is -2.10. The second-order valence-corrected chi connectivity index (χ2v) is 9.81. The molecule has 1 aromatic heterocycles. The van der Waals surface area contributed by atoms with E-state index in [4.69, 9.17) is 0 Å². The van der Waals surface area contributed by atoms with Crippen molar-refractivity contribution in [3.05, 3.63) is 60.2 Å². The van der Waals surface area contributed by atoms with Gasteiger partial charge in [0.05, 0.1) is 0 Å². The first-order chi connectivity index (χ1) is 14.8. The van der Waals surface area contributed by atoms with Gasteiger partial charge in [0.25, 0.3) is 0 Å². The number of H-pyrrole nitrogens is 1. The smallest absolute Gasteiger partial charge is 0.0500 e. The number of piperidine rings is 2. The lowest BCUT2D eigenvalue weighted by Gasteiger charge is -2.44. The van der Waals surface area contributed by atoms with Gasteiger partial charge in [-0.2, -0.15) is 0 Å². The third-order valence-electron chi connectivity index (χ3n) is 8.34. The summed E-state index contributed by atoms with van der Waals surface area (Å²) in [5.41, 5.74) is 5.49. The predicted molar refractivity (Wildman–Crippen MR) is 125 cm³/mol. The molecule has 3 fully saturated rings. The van der Waals surface area contributed by atoms with Crippen molar-refractivity contribution < 1.29 is 0 Å². The third-order valence-corrected chi connectivity index (χ3v) is 8.34. The maximum absolute atomic E-state index is 3.76. The van der Waals surface area contributed by atoms with Crippen LogP contribution in [0.1, 0.15) is 50.0 Å². The Labute approximate surface area is 180 Å². The van der Waals surface area contributed by atoms with Crippen molar-refractivity contribution >= 4 is 10.9 Å². The van der Waals surface area contributed by atoms with Gasteiger partial charge in [-0.3, -0.25) is 0 Å². The molecule has 3 heteroatoms. The van der Waals surface area contributed by atoms with Gasteiger partial charge in [-0.25, -0.2) is 0 Å². The molecule has 4 heterocycles. The van der Waals surface area contributed by atoms with Gasteiger partial charge in [-0.15, -0.1) is 0 Å². The number of benzene rings is 2. The fourth-order valence-corrected chi connectivity index (χ4v) is 6.65. The molecule has 1 unspecified atom stereocenters. The van der Waals surface area contributed by atoms with Crippen LogP contribution in [0.4, 0.5) is 0 Å². The van der Waals surface area contributed by atoms with Crippen LogP contribution in [0.25, 0.3) is 22.2 Å². The Balaban J connectivity index is 1.25. The molecule has 3 aliphatic heterocycles. The number of para-hydroxylation sites is 1. The van der Waals surface area contributed by atoms with Crippen molar-refractivity contribution in [2.45, 2.75) is 62.6 Å². The molecule has 1 N–H and O–H groups in total. The highest BCUT2D eigenvalue weighted by atomic mass is 15.2. The molecule has 2 bridgehead atoms. The number of fused-ring (bicyclic) bond motifs is 3. The van der Waals surface area contributed by atoms with E-state index in [2.05, 4.69) is 76.4 Å². The van der Waals surface area contributed by atoms with Crippen LogP contribution in [0.2, 0.25) is 0 Å². The highest BCUT2D eigenvalue weighted by Crippen LogP contribution is 2.42. The summed E-state index contributed by atoms with van der Waals surface area (Å²) in [4.78, 5) is 9.27. The summed E-state index contributed by atoms with van der Waals surface area (Å²) in [6, 6.07) is 22.3. The summed E-state index contributed by atoms with van der Waals surface area (Å²) in [6.45, 7) is 2.51. The van der Waals surface area contributed by atoms with E-state index in [1.54, 1.807) is 5.56 Å². The fourth-order valence-electron chi connectivity index (χ4n) is 6.65. The van der Waals surface area contributed by atoms with Crippen molar-refractivity contribution in [1.29, 1.82) is 0 Å². The quantitative estimate of drug-likeness (QED) is 0.616. The van der Waals surface area contributed by atoms with Crippen molar-refractivity contribution in [3.63, 3.8) is 0 Å². The van der Waals surface area contributed by atoms with Crippen molar-refractivity contribution in [2.24, 2.45) is 0 Å². The van der Waals surface area contributed by atoms with Crippen LogP contribution < -0.4 is 0 Å². The molecule has 0 amide bonds. The number of hydrogen-bond acceptors (Lipinski definition) is 2. The van der Waals surface area contributed by atoms with Gasteiger partial charge in [0.1, 0.15) is 0 Å². The molecule has 3 aromatic rings. The van der Waals surface area contributed by atoms with Crippen molar-refractivity contribution in [3.8, 4) is 11.3 Å². The Bertz CT molecular complexity index is 1000. The largest absolute Gasteiger partial charge is 0.354 e. The van der Waals surface area contributed by atoms with Crippen LogP contribution in [0.3, 0.4) is 0 Å². The molecule has 6 rings (SSSR count). The van der Waals surface area contributed by atoms with E-state index in [0.29, 0.717) is 5.92 Å². The zero-order valence-corrected chi connectivity index (χ0v) is 18.1.